The maximum Gasteiger partial charge on any atom is 0.190 e. The molecule has 1 aromatic heterocycles. The molecule has 1 heterocycles. The molecule has 0 amide bonds. The van der Waals surface area contributed by atoms with Gasteiger partial charge in [0.1, 0.15) is 5.76 Å². The summed E-state index contributed by atoms with van der Waals surface area (Å²) < 4.78 is 5.42. The third kappa shape index (κ3) is 6.88. The van der Waals surface area contributed by atoms with E-state index in [2.05, 4.69) is 42.5 Å². The summed E-state index contributed by atoms with van der Waals surface area (Å²) in [6.07, 6.45) is 13.4. The number of ether oxygens (including phenoxy) is 1. The number of aromatic nitrogens is 1. The number of nitrogens with one attached hydrogen (secondary N) is 1. The van der Waals surface area contributed by atoms with Gasteiger partial charge in [-0.1, -0.05) is 31.7 Å². The number of pyridine rings is 1. The minimum atomic E-state index is 0.423. The second-order valence-electron chi connectivity index (χ2n) is 3.88. The van der Waals surface area contributed by atoms with Crippen LogP contribution in [0, 0.1) is 0 Å². The largest absolute Gasteiger partial charge is 0.442 e. The van der Waals surface area contributed by atoms with Crippen molar-refractivity contribution < 1.29 is 4.74 Å². The summed E-state index contributed by atoms with van der Waals surface area (Å²) in [5.41, 5.74) is 0.829. The molecule has 0 aliphatic carbocycles. The molecule has 0 saturated carbocycles. The number of hydrogen-bond acceptors (Lipinski definition) is 3. The second-order valence-corrected chi connectivity index (χ2v) is 3.88. The molecule has 100 valence electrons. The van der Waals surface area contributed by atoms with Gasteiger partial charge in [-0.3, -0.25) is 4.98 Å². The van der Waals surface area contributed by atoms with Crippen LogP contribution in [0.5, 0.6) is 0 Å². The van der Waals surface area contributed by atoms with E-state index >= 15 is 0 Å². The van der Waals surface area contributed by atoms with Crippen LogP contribution in [0.4, 0.5) is 5.69 Å². The van der Waals surface area contributed by atoms with Gasteiger partial charge in [-0.05, 0) is 37.6 Å². The highest BCUT2D eigenvalue weighted by molar-refractivity contribution is 5.44. The molecule has 0 unspecified atom stereocenters. The monoisotopic (exact) mass is 256 g/mol. The summed E-state index contributed by atoms with van der Waals surface area (Å²) in [6, 6.07) is 3.72. The van der Waals surface area contributed by atoms with Crippen LogP contribution in [0.1, 0.15) is 19.8 Å². The minimum Gasteiger partial charge on any atom is -0.442 e. The molecule has 19 heavy (non-hydrogen) atoms. The van der Waals surface area contributed by atoms with Crippen LogP contribution in [-0.2, 0) is 4.74 Å². The smallest absolute Gasteiger partial charge is 0.190 e. The molecule has 0 aromatic carbocycles. The van der Waals surface area contributed by atoms with Crippen LogP contribution in [-0.4, -0.2) is 4.98 Å². The van der Waals surface area contributed by atoms with Crippen LogP contribution in [0.25, 0.3) is 0 Å². The van der Waals surface area contributed by atoms with E-state index in [1.165, 1.54) is 0 Å². The first-order valence-corrected chi connectivity index (χ1v) is 6.26. The zero-order chi connectivity index (χ0) is 13.9. The topological polar surface area (TPSA) is 34.1 Å². The first-order chi connectivity index (χ1) is 9.22. The van der Waals surface area contributed by atoms with Gasteiger partial charge in [0.2, 0.25) is 0 Å². The van der Waals surface area contributed by atoms with E-state index in [0.29, 0.717) is 11.6 Å². The van der Waals surface area contributed by atoms with Crippen LogP contribution >= 0.6 is 0 Å². The van der Waals surface area contributed by atoms with Gasteiger partial charge in [0.05, 0.1) is 11.9 Å². The number of rotatable bonds is 8. The van der Waals surface area contributed by atoms with Gasteiger partial charge >= 0.3 is 0 Å². The molecule has 1 rings (SSSR count). The molecule has 0 spiro atoms. The fourth-order valence-electron chi connectivity index (χ4n) is 1.36. The lowest BCUT2D eigenvalue weighted by Crippen LogP contribution is -2.01. The van der Waals surface area contributed by atoms with Crippen molar-refractivity contribution in [1.29, 1.82) is 0 Å². The van der Waals surface area contributed by atoms with Gasteiger partial charge in [0, 0.05) is 6.20 Å². The predicted molar refractivity (Wildman–Crippen MR) is 80.4 cm³/mol. The van der Waals surface area contributed by atoms with Crippen molar-refractivity contribution in [2.24, 2.45) is 0 Å². The van der Waals surface area contributed by atoms with Gasteiger partial charge in [0.25, 0.3) is 0 Å². The molecule has 3 nitrogen and oxygen atoms in total. The quantitative estimate of drug-likeness (QED) is 0.425. The van der Waals surface area contributed by atoms with Gasteiger partial charge in [-0.2, -0.15) is 0 Å². The molecule has 1 N–H and O–H groups in total. The van der Waals surface area contributed by atoms with Gasteiger partial charge in [-0.15, -0.1) is 0 Å². The first kappa shape index (κ1) is 14.8. The Hall–Kier alpha value is -2.29. The summed E-state index contributed by atoms with van der Waals surface area (Å²) in [4.78, 5) is 3.99. The fraction of sp³-hybridized carbons (Fsp3) is 0.188. The van der Waals surface area contributed by atoms with E-state index in [0.717, 1.165) is 18.5 Å². The molecule has 0 atom stereocenters. The zero-order valence-electron chi connectivity index (χ0n) is 11.3. The van der Waals surface area contributed by atoms with E-state index in [4.69, 9.17) is 4.74 Å². The minimum absolute atomic E-state index is 0.423. The molecule has 0 saturated heterocycles. The first-order valence-electron chi connectivity index (χ1n) is 6.26. The third-order valence-electron chi connectivity index (χ3n) is 2.18. The maximum absolute atomic E-state index is 5.42. The van der Waals surface area contributed by atoms with E-state index in [1.54, 1.807) is 12.4 Å². The van der Waals surface area contributed by atoms with Crippen molar-refractivity contribution in [2.45, 2.75) is 19.8 Å². The Bertz CT molecular complexity index is 461. The summed E-state index contributed by atoms with van der Waals surface area (Å²) in [5, 5.41) is 3.00. The highest BCUT2D eigenvalue weighted by Gasteiger charge is 1.97. The Balaban J connectivity index is 2.32. The fourth-order valence-corrected chi connectivity index (χ4v) is 1.36. The Labute approximate surface area is 115 Å². The summed E-state index contributed by atoms with van der Waals surface area (Å²) >= 11 is 0. The molecule has 1 aromatic rings. The van der Waals surface area contributed by atoms with Crippen LogP contribution in [0.15, 0.2) is 73.6 Å². The number of hydrogen-bond donors (Lipinski definition) is 1. The standard InChI is InChI=1S/C16H20N2O/c1-4-5-6-7-8-10-14(2)19-15(3)18-16-11-9-12-17-13-16/h5-6,8-13,18H,2-4,7H2,1H3/b6-5-,10-8-. The van der Waals surface area contributed by atoms with E-state index in [9.17, 15) is 0 Å². The van der Waals surface area contributed by atoms with Crippen molar-refractivity contribution in [3.8, 4) is 0 Å². The van der Waals surface area contributed by atoms with Gasteiger partial charge in [0.15, 0.2) is 5.88 Å². The molecular weight excluding hydrogens is 236 g/mol. The van der Waals surface area contributed by atoms with Gasteiger partial charge < -0.3 is 10.1 Å². The van der Waals surface area contributed by atoms with Crippen LogP contribution < -0.4 is 5.32 Å². The lowest BCUT2D eigenvalue weighted by Gasteiger charge is -2.10. The number of allylic oxidation sites excluding steroid dienone is 4. The molecule has 0 aliphatic rings. The average Bonchev–Trinajstić information content (AvgIpc) is 2.39. The lowest BCUT2D eigenvalue weighted by atomic mass is 10.3. The van der Waals surface area contributed by atoms with Crippen molar-refractivity contribution in [1.82, 2.24) is 4.98 Å². The van der Waals surface area contributed by atoms with E-state index < -0.39 is 0 Å². The van der Waals surface area contributed by atoms with Gasteiger partial charge in [-0.25, -0.2) is 0 Å². The molecule has 0 aliphatic heterocycles. The molecule has 3 heteroatoms. The van der Waals surface area contributed by atoms with E-state index in [1.807, 2.05) is 24.3 Å². The Morgan fingerprint density at radius 3 is 2.89 bits per heavy atom. The molecule has 0 radical (unpaired) electrons. The predicted octanol–water partition coefficient (Wildman–Crippen LogP) is 4.41. The average molecular weight is 256 g/mol. The number of nitrogens with zero attached hydrogens (tertiary/aromatic N) is 1. The molecular formula is C16H20N2O. The summed E-state index contributed by atoms with van der Waals surface area (Å²) in [7, 11) is 0. The highest BCUT2D eigenvalue weighted by atomic mass is 16.5. The van der Waals surface area contributed by atoms with E-state index in [-0.39, 0.29) is 0 Å². The molecule has 0 fully saturated rings. The third-order valence-corrected chi connectivity index (χ3v) is 2.18. The van der Waals surface area contributed by atoms with Crippen molar-refractivity contribution in [2.75, 3.05) is 5.32 Å². The normalized spacial score (nSPS) is 10.8. The van der Waals surface area contributed by atoms with Crippen LogP contribution in [0.3, 0.4) is 0 Å². The maximum atomic E-state index is 5.42. The molecule has 0 bridgehead atoms. The van der Waals surface area contributed by atoms with Crippen molar-refractivity contribution in [3.05, 3.63) is 73.6 Å². The summed E-state index contributed by atoms with van der Waals surface area (Å²) in [6.45, 7) is 9.69. The SMILES string of the molecule is C=C(/C=C\C/C=C\CC)OC(=C)Nc1cccnc1. The lowest BCUT2D eigenvalue weighted by molar-refractivity contribution is 0.330. The number of anilines is 1. The Kier molecular flexibility index (Phi) is 6.80. The van der Waals surface area contributed by atoms with Crippen LogP contribution in [0.2, 0.25) is 0 Å². The second kappa shape index (κ2) is 8.75. The Morgan fingerprint density at radius 2 is 2.21 bits per heavy atom. The zero-order valence-corrected chi connectivity index (χ0v) is 11.3. The van der Waals surface area contributed by atoms with Crippen molar-refractivity contribution >= 4 is 5.69 Å². The highest BCUT2D eigenvalue weighted by Crippen LogP contribution is 2.10. The summed E-state index contributed by atoms with van der Waals surface area (Å²) in [5.74, 6) is 0.970. The van der Waals surface area contributed by atoms with Crippen molar-refractivity contribution in [3.63, 3.8) is 0 Å². The Morgan fingerprint density at radius 1 is 1.37 bits per heavy atom.